The van der Waals surface area contributed by atoms with Crippen molar-refractivity contribution < 1.29 is 14.5 Å². The van der Waals surface area contributed by atoms with Crippen LogP contribution in [0, 0.1) is 10.1 Å². The molecule has 0 atom stereocenters. The Kier molecular flexibility index (Phi) is 4.51. The van der Waals surface area contributed by atoms with Crippen molar-refractivity contribution in [1.29, 1.82) is 0 Å². The predicted molar refractivity (Wildman–Crippen MR) is 80.4 cm³/mol. The van der Waals surface area contributed by atoms with Gasteiger partial charge in [0, 0.05) is 16.1 Å². The molecule has 0 saturated heterocycles. The number of nitro benzene ring substituents is 1. The van der Waals surface area contributed by atoms with Crippen LogP contribution >= 0.6 is 31.9 Å². The van der Waals surface area contributed by atoms with E-state index in [-0.39, 0.29) is 5.69 Å². The number of halogens is 2. The lowest BCUT2D eigenvalue weighted by Crippen LogP contribution is -1.91. The Morgan fingerprint density at radius 1 is 1.15 bits per heavy atom. The van der Waals surface area contributed by atoms with E-state index in [1.54, 1.807) is 24.3 Å². The van der Waals surface area contributed by atoms with Crippen LogP contribution in [0.1, 0.15) is 10.4 Å². The van der Waals surface area contributed by atoms with E-state index in [1.807, 2.05) is 0 Å². The summed E-state index contributed by atoms with van der Waals surface area (Å²) in [7, 11) is 0. The fourth-order valence-corrected chi connectivity index (χ4v) is 2.45. The smallest absolute Gasteiger partial charge is 0.274 e. The molecule has 0 radical (unpaired) electrons. The van der Waals surface area contributed by atoms with Crippen molar-refractivity contribution in [2.24, 2.45) is 0 Å². The maximum Gasteiger partial charge on any atom is 0.274 e. The molecule has 102 valence electrons. The van der Waals surface area contributed by atoms with Crippen LogP contribution in [-0.4, -0.2) is 11.2 Å². The Bertz CT molecular complexity index is 688. The van der Waals surface area contributed by atoms with Gasteiger partial charge in [0.25, 0.3) is 5.69 Å². The second kappa shape index (κ2) is 6.15. The van der Waals surface area contributed by atoms with E-state index in [1.165, 1.54) is 12.1 Å². The summed E-state index contributed by atoms with van der Waals surface area (Å²) in [5.41, 5.74) is 0.430. The Morgan fingerprint density at radius 3 is 2.50 bits per heavy atom. The highest BCUT2D eigenvalue weighted by Crippen LogP contribution is 2.33. The fraction of sp³-hybridized carbons (Fsp3) is 0. The quantitative estimate of drug-likeness (QED) is 0.422. The van der Waals surface area contributed by atoms with Crippen LogP contribution in [0.3, 0.4) is 0 Å². The van der Waals surface area contributed by atoms with Crippen LogP contribution in [-0.2, 0) is 0 Å². The number of ether oxygens (including phenoxy) is 1. The summed E-state index contributed by atoms with van der Waals surface area (Å²) in [4.78, 5) is 20.9. The first-order valence-electron chi connectivity index (χ1n) is 5.37. The van der Waals surface area contributed by atoms with Crippen molar-refractivity contribution in [2.45, 2.75) is 0 Å². The van der Waals surface area contributed by atoms with E-state index in [4.69, 9.17) is 4.74 Å². The molecule has 0 saturated carbocycles. The van der Waals surface area contributed by atoms with Crippen molar-refractivity contribution in [2.75, 3.05) is 0 Å². The molecular formula is C13H7Br2NO4. The molecule has 0 aliphatic carbocycles. The van der Waals surface area contributed by atoms with E-state index in [0.29, 0.717) is 26.0 Å². The van der Waals surface area contributed by atoms with Gasteiger partial charge in [-0.1, -0.05) is 15.9 Å². The van der Waals surface area contributed by atoms with Crippen LogP contribution in [0.4, 0.5) is 5.69 Å². The molecule has 0 unspecified atom stereocenters. The summed E-state index contributed by atoms with van der Waals surface area (Å²) < 4.78 is 6.71. The molecule has 20 heavy (non-hydrogen) atoms. The van der Waals surface area contributed by atoms with Crippen molar-refractivity contribution in [3.05, 3.63) is 61.0 Å². The van der Waals surface area contributed by atoms with Gasteiger partial charge in [0.2, 0.25) is 0 Å². The monoisotopic (exact) mass is 399 g/mol. The number of nitro groups is 1. The number of carbonyl (C=O) groups excluding carboxylic acids is 1. The SMILES string of the molecule is O=Cc1ccc(Oc2cc(Br)cc([N+](=O)[O-])c2)c(Br)c1. The third kappa shape index (κ3) is 3.43. The lowest BCUT2D eigenvalue weighted by molar-refractivity contribution is -0.385. The summed E-state index contributed by atoms with van der Waals surface area (Å²) in [6, 6.07) is 9.14. The lowest BCUT2D eigenvalue weighted by Gasteiger charge is -2.08. The maximum atomic E-state index is 10.8. The van der Waals surface area contributed by atoms with Gasteiger partial charge in [0.15, 0.2) is 0 Å². The van der Waals surface area contributed by atoms with Crippen LogP contribution in [0.25, 0.3) is 0 Å². The van der Waals surface area contributed by atoms with Gasteiger partial charge in [-0.05, 0) is 40.2 Å². The van der Waals surface area contributed by atoms with Gasteiger partial charge in [-0.3, -0.25) is 14.9 Å². The van der Waals surface area contributed by atoms with E-state index in [0.717, 1.165) is 6.29 Å². The second-order valence-electron chi connectivity index (χ2n) is 3.81. The number of hydrogen-bond donors (Lipinski definition) is 0. The molecule has 2 aromatic carbocycles. The Hall–Kier alpha value is -1.73. The third-order valence-corrected chi connectivity index (χ3v) is 3.46. The van der Waals surface area contributed by atoms with E-state index < -0.39 is 4.92 Å². The predicted octanol–water partition coefficient (Wildman–Crippen LogP) is 4.72. The van der Waals surface area contributed by atoms with Gasteiger partial charge >= 0.3 is 0 Å². The second-order valence-corrected chi connectivity index (χ2v) is 5.58. The number of hydrogen-bond acceptors (Lipinski definition) is 4. The van der Waals surface area contributed by atoms with Gasteiger partial charge in [0.1, 0.15) is 17.8 Å². The summed E-state index contributed by atoms with van der Waals surface area (Å²) in [5, 5.41) is 10.8. The van der Waals surface area contributed by atoms with Crippen LogP contribution in [0.15, 0.2) is 45.3 Å². The van der Waals surface area contributed by atoms with Crippen LogP contribution < -0.4 is 4.74 Å². The topological polar surface area (TPSA) is 69.4 Å². The summed E-state index contributed by atoms with van der Waals surface area (Å²) in [6.45, 7) is 0. The molecule has 0 N–H and O–H groups in total. The average molecular weight is 401 g/mol. The Labute approximate surface area is 131 Å². The van der Waals surface area contributed by atoms with Gasteiger partial charge in [-0.2, -0.15) is 0 Å². The highest BCUT2D eigenvalue weighted by molar-refractivity contribution is 9.10. The van der Waals surface area contributed by atoms with Gasteiger partial charge in [-0.25, -0.2) is 0 Å². The van der Waals surface area contributed by atoms with Gasteiger partial charge < -0.3 is 4.74 Å². The molecular weight excluding hydrogens is 394 g/mol. The zero-order valence-electron chi connectivity index (χ0n) is 9.88. The van der Waals surface area contributed by atoms with E-state index in [9.17, 15) is 14.9 Å². The van der Waals surface area contributed by atoms with Gasteiger partial charge in [0.05, 0.1) is 15.5 Å². The number of rotatable bonds is 4. The van der Waals surface area contributed by atoms with Crippen molar-refractivity contribution in [1.82, 2.24) is 0 Å². The van der Waals surface area contributed by atoms with Crippen molar-refractivity contribution in [3.8, 4) is 11.5 Å². The molecule has 2 aromatic rings. The maximum absolute atomic E-state index is 10.8. The van der Waals surface area contributed by atoms with E-state index >= 15 is 0 Å². The number of aldehydes is 1. The number of carbonyl (C=O) groups is 1. The average Bonchev–Trinajstić information content (AvgIpc) is 2.40. The van der Waals surface area contributed by atoms with Crippen molar-refractivity contribution in [3.63, 3.8) is 0 Å². The lowest BCUT2D eigenvalue weighted by atomic mass is 10.2. The molecule has 0 amide bonds. The molecule has 0 aliphatic heterocycles. The zero-order valence-corrected chi connectivity index (χ0v) is 13.0. The van der Waals surface area contributed by atoms with Crippen LogP contribution in [0.2, 0.25) is 0 Å². The zero-order chi connectivity index (χ0) is 14.7. The highest BCUT2D eigenvalue weighted by Gasteiger charge is 2.11. The first-order valence-corrected chi connectivity index (χ1v) is 6.96. The summed E-state index contributed by atoms with van der Waals surface area (Å²) in [5.74, 6) is 0.786. The first-order chi connectivity index (χ1) is 9.49. The minimum absolute atomic E-state index is 0.0741. The summed E-state index contributed by atoms with van der Waals surface area (Å²) in [6.07, 6.45) is 0.721. The minimum Gasteiger partial charge on any atom is -0.456 e. The molecule has 0 spiro atoms. The number of benzene rings is 2. The van der Waals surface area contributed by atoms with E-state index in [2.05, 4.69) is 31.9 Å². The minimum atomic E-state index is -0.498. The molecule has 2 rings (SSSR count). The molecule has 0 aromatic heterocycles. The largest absolute Gasteiger partial charge is 0.456 e. The third-order valence-electron chi connectivity index (χ3n) is 2.39. The molecule has 7 heteroatoms. The van der Waals surface area contributed by atoms with Crippen molar-refractivity contribution >= 4 is 43.8 Å². The highest BCUT2D eigenvalue weighted by atomic mass is 79.9. The standard InChI is InChI=1S/C13H7Br2NO4/c14-9-4-10(16(18)19)6-11(5-9)20-13-2-1-8(7-17)3-12(13)15/h1-7H. The number of non-ortho nitro benzene ring substituents is 1. The molecule has 0 aliphatic rings. The molecule has 0 fully saturated rings. The first kappa shape index (κ1) is 14.7. The van der Waals surface area contributed by atoms with Crippen LogP contribution in [0.5, 0.6) is 11.5 Å². The Balaban J connectivity index is 2.34. The summed E-state index contributed by atoms with van der Waals surface area (Å²) >= 11 is 6.48. The van der Waals surface area contributed by atoms with Gasteiger partial charge in [-0.15, -0.1) is 0 Å². The normalized spacial score (nSPS) is 10.1. The molecule has 0 heterocycles. The number of nitrogens with zero attached hydrogens (tertiary/aromatic N) is 1. The fourth-order valence-electron chi connectivity index (χ4n) is 1.51. The molecule has 5 nitrogen and oxygen atoms in total. The molecule has 0 bridgehead atoms. The Morgan fingerprint density at radius 2 is 1.90 bits per heavy atom.